The summed E-state index contributed by atoms with van der Waals surface area (Å²) in [5.41, 5.74) is 4.49. The van der Waals surface area contributed by atoms with Crippen LogP contribution < -0.4 is 10.6 Å². The minimum Gasteiger partial charge on any atom is -0.325 e. The van der Waals surface area contributed by atoms with E-state index in [1.54, 1.807) is 12.1 Å². The number of nitrogens with one attached hydrogen (secondary N) is 2. The van der Waals surface area contributed by atoms with Crippen LogP contribution in [0.4, 0.5) is 10.5 Å². The zero-order valence-corrected chi connectivity index (χ0v) is 18.0. The second kappa shape index (κ2) is 9.08. The Morgan fingerprint density at radius 2 is 1.66 bits per heavy atom. The van der Waals surface area contributed by atoms with Crippen LogP contribution >= 0.6 is 11.6 Å². The van der Waals surface area contributed by atoms with Gasteiger partial charge in [0.2, 0.25) is 5.91 Å². The van der Waals surface area contributed by atoms with Crippen LogP contribution in [0.25, 0.3) is 17.2 Å². The average molecular weight is 446 g/mol. The Hall–Kier alpha value is -3.90. The number of aryl methyl sites for hydroxylation is 1. The lowest BCUT2D eigenvalue weighted by Gasteiger charge is -2.12. The number of nitrogens with zero attached hydrogens (tertiary/aromatic N) is 1. The highest BCUT2D eigenvalue weighted by molar-refractivity contribution is 6.30. The third kappa shape index (κ3) is 4.87. The van der Waals surface area contributed by atoms with Crippen LogP contribution in [0.5, 0.6) is 0 Å². The van der Waals surface area contributed by atoms with Crippen molar-refractivity contribution in [2.24, 2.45) is 0 Å². The molecule has 1 aliphatic heterocycles. The van der Waals surface area contributed by atoms with Crippen molar-refractivity contribution in [3.05, 3.63) is 94.6 Å². The molecule has 1 heterocycles. The Labute approximate surface area is 190 Å². The van der Waals surface area contributed by atoms with E-state index in [1.807, 2.05) is 73.7 Å². The SMILES string of the molecule is Cc1cccc(NC(=O)CN2C(=O)NC(=Cc3ccc(-c4ccc(Cl)cc4)cc3)C2=O)c1. The molecule has 1 saturated heterocycles. The predicted molar refractivity (Wildman–Crippen MR) is 125 cm³/mol. The van der Waals surface area contributed by atoms with Gasteiger partial charge in [0, 0.05) is 10.7 Å². The van der Waals surface area contributed by atoms with Gasteiger partial charge in [0.1, 0.15) is 12.2 Å². The number of hydrogen-bond acceptors (Lipinski definition) is 3. The van der Waals surface area contributed by atoms with Crippen LogP contribution in [0.3, 0.4) is 0 Å². The molecule has 7 heteroatoms. The van der Waals surface area contributed by atoms with Gasteiger partial charge in [0.25, 0.3) is 5.91 Å². The number of hydrogen-bond donors (Lipinski definition) is 2. The molecule has 0 aliphatic carbocycles. The molecule has 4 amide bonds. The molecule has 0 spiro atoms. The molecule has 0 radical (unpaired) electrons. The van der Waals surface area contributed by atoms with Crippen LogP contribution in [0, 0.1) is 6.92 Å². The van der Waals surface area contributed by atoms with E-state index in [4.69, 9.17) is 11.6 Å². The number of imide groups is 1. The Kier molecular flexibility index (Phi) is 6.05. The lowest BCUT2D eigenvalue weighted by molar-refractivity contribution is -0.127. The van der Waals surface area contributed by atoms with E-state index >= 15 is 0 Å². The van der Waals surface area contributed by atoms with Gasteiger partial charge in [-0.05, 0) is 59.5 Å². The molecular weight excluding hydrogens is 426 g/mol. The fourth-order valence-corrected chi connectivity index (χ4v) is 3.49. The van der Waals surface area contributed by atoms with Crippen molar-refractivity contribution in [2.45, 2.75) is 6.92 Å². The van der Waals surface area contributed by atoms with Gasteiger partial charge >= 0.3 is 6.03 Å². The van der Waals surface area contributed by atoms with E-state index in [-0.39, 0.29) is 12.2 Å². The smallest absolute Gasteiger partial charge is 0.325 e. The van der Waals surface area contributed by atoms with Crippen molar-refractivity contribution in [1.29, 1.82) is 0 Å². The molecule has 32 heavy (non-hydrogen) atoms. The minimum atomic E-state index is -0.626. The number of rotatable bonds is 5. The van der Waals surface area contributed by atoms with Gasteiger partial charge in [-0.25, -0.2) is 9.69 Å². The summed E-state index contributed by atoms with van der Waals surface area (Å²) in [4.78, 5) is 38.1. The summed E-state index contributed by atoms with van der Waals surface area (Å²) in [5.74, 6) is -0.996. The van der Waals surface area contributed by atoms with Crippen molar-refractivity contribution in [3.8, 4) is 11.1 Å². The predicted octanol–water partition coefficient (Wildman–Crippen LogP) is 4.85. The number of urea groups is 1. The molecule has 1 aliphatic rings. The van der Waals surface area contributed by atoms with Crippen molar-refractivity contribution >= 4 is 41.2 Å². The first-order valence-corrected chi connectivity index (χ1v) is 10.3. The van der Waals surface area contributed by atoms with Crippen molar-refractivity contribution in [3.63, 3.8) is 0 Å². The number of halogens is 1. The van der Waals surface area contributed by atoms with Gasteiger partial charge in [0.15, 0.2) is 0 Å². The monoisotopic (exact) mass is 445 g/mol. The maximum Gasteiger partial charge on any atom is 0.329 e. The second-order valence-electron chi connectivity index (χ2n) is 7.43. The lowest BCUT2D eigenvalue weighted by atomic mass is 10.0. The number of benzene rings is 3. The quantitative estimate of drug-likeness (QED) is 0.435. The largest absolute Gasteiger partial charge is 0.329 e. The maximum absolute atomic E-state index is 12.7. The Morgan fingerprint density at radius 1 is 1.00 bits per heavy atom. The third-order valence-electron chi connectivity index (χ3n) is 4.97. The van der Waals surface area contributed by atoms with Gasteiger partial charge < -0.3 is 10.6 Å². The summed E-state index contributed by atoms with van der Waals surface area (Å²) < 4.78 is 0. The molecule has 0 atom stereocenters. The van der Waals surface area contributed by atoms with Crippen LogP contribution in [-0.2, 0) is 9.59 Å². The van der Waals surface area contributed by atoms with Gasteiger partial charge in [-0.2, -0.15) is 0 Å². The molecule has 160 valence electrons. The summed E-state index contributed by atoms with van der Waals surface area (Å²) in [5, 5.41) is 5.91. The average Bonchev–Trinajstić information content (AvgIpc) is 3.02. The van der Waals surface area contributed by atoms with Crippen LogP contribution in [0.1, 0.15) is 11.1 Å². The first-order valence-electron chi connectivity index (χ1n) is 9.96. The van der Waals surface area contributed by atoms with Crippen molar-refractivity contribution in [1.82, 2.24) is 10.2 Å². The Morgan fingerprint density at radius 3 is 2.31 bits per heavy atom. The molecule has 0 aromatic heterocycles. The van der Waals surface area contributed by atoms with Crippen LogP contribution in [-0.4, -0.2) is 29.3 Å². The highest BCUT2D eigenvalue weighted by atomic mass is 35.5. The van der Waals surface area contributed by atoms with Gasteiger partial charge in [0.05, 0.1) is 0 Å². The summed E-state index contributed by atoms with van der Waals surface area (Å²) in [6, 6.07) is 21.7. The molecule has 4 rings (SSSR count). The maximum atomic E-state index is 12.7. The minimum absolute atomic E-state index is 0.123. The summed E-state index contributed by atoms with van der Waals surface area (Å²) in [6.07, 6.45) is 1.59. The van der Waals surface area contributed by atoms with E-state index in [0.717, 1.165) is 27.2 Å². The standard InChI is InChI=1S/C25H20ClN3O3/c1-16-3-2-4-21(13-16)27-23(30)15-29-24(31)22(28-25(29)32)14-17-5-7-18(8-6-17)19-9-11-20(26)12-10-19/h2-14H,15H2,1H3,(H,27,30)(H,28,32). The zero-order valence-electron chi connectivity index (χ0n) is 17.3. The highest BCUT2D eigenvalue weighted by Gasteiger charge is 2.34. The molecule has 3 aromatic carbocycles. The molecule has 6 nitrogen and oxygen atoms in total. The number of carbonyl (C=O) groups excluding carboxylic acids is 3. The molecule has 0 bridgehead atoms. The fourth-order valence-electron chi connectivity index (χ4n) is 3.36. The molecular formula is C25H20ClN3O3. The summed E-state index contributed by atoms with van der Waals surface area (Å²) in [6.45, 7) is 1.54. The van der Waals surface area contributed by atoms with E-state index in [9.17, 15) is 14.4 Å². The number of anilines is 1. The van der Waals surface area contributed by atoms with E-state index in [1.165, 1.54) is 0 Å². The third-order valence-corrected chi connectivity index (χ3v) is 5.22. The van der Waals surface area contributed by atoms with Crippen molar-refractivity contribution in [2.75, 3.05) is 11.9 Å². The molecule has 0 saturated carbocycles. The van der Waals surface area contributed by atoms with E-state index < -0.39 is 17.8 Å². The van der Waals surface area contributed by atoms with E-state index in [0.29, 0.717) is 10.7 Å². The van der Waals surface area contributed by atoms with Crippen molar-refractivity contribution < 1.29 is 14.4 Å². The first kappa shape index (κ1) is 21.3. The topological polar surface area (TPSA) is 78.5 Å². The van der Waals surface area contributed by atoms with Gasteiger partial charge in [-0.1, -0.05) is 60.1 Å². The molecule has 2 N–H and O–H groups in total. The lowest BCUT2D eigenvalue weighted by Crippen LogP contribution is -2.38. The second-order valence-corrected chi connectivity index (χ2v) is 7.86. The Balaban J connectivity index is 1.43. The van der Waals surface area contributed by atoms with Gasteiger partial charge in [-0.15, -0.1) is 0 Å². The Bertz CT molecular complexity index is 1220. The highest BCUT2D eigenvalue weighted by Crippen LogP contribution is 2.23. The summed E-state index contributed by atoms with van der Waals surface area (Å²) in [7, 11) is 0. The fraction of sp³-hybridized carbons (Fsp3) is 0.0800. The summed E-state index contributed by atoms with van der Waals surface area (Å²) >= 11 is 5.93. The van der Waals surface area contributed by atoms with Gasteiger partial charge in [-0.3, -0.25) is 9.59 Å². The molecule has 3 aromatic rings. The molecule has 0 unspecified atom stereocenters. The first-order chi connectivity index (χ1) is 15.4. The number of amides is 4. The molecule has 1 fully saturated rings. The number of carbonyl (C=O) groups is 3. The van der Waals surface area contributed by atoms with Crippen LogP contribution in [0.15, 0.2) is 78.5 Å². The van der Waals surface area contributed by atoms with E-state index in [2.05, 4.69) is 10.6 Å². The normalized spacial score (nSPS) is 14.6. The van der Waals surface area contributed by atoms with Crippen LogP contribution in [0.2, 0.25) is 5.02 Å². The zero-order chi connectivity index (χ0) is 22.7.